The van der Waals surface area contributed by atoms with Gasteiger partial charge in [0.1, 0.15) is 11.6 Å². The van der Waals surface area contributed by atoms with E-state index in [0.29, 0.717) is 23.5 Å². The highest BCUT2D eigenvalue weighted by atomic mass is 19.1. The Kier molecular flexibility index (Phi) is 4.82. The largest absolute Gasteiger partial charge is 0.328 e. The molecule has 2 aromatic carbocycles. The summed E-state index contributed by atoms with van der Waals surface area (Å²) in [5, 5.41) is 14.2. The highest BCUT2D eigenvalue weighted by molar-refractivity contribution is 6.01. The van der Waals surface area contributed by atoms with Gasteiger partial charge in [0.2, 0.25) is 5.82 Å². The van der Waals surface area contributed by atoms with E-state index in [1.165, 1.54) is 35.0 Å². The fraction of sp³-hybridized carbons (Fsp3) is 0.105. The summed E-state index contributed by atoms with van der Waals surface area (Å²) < 4.78 is 32.8. The number of rotatable bonds is 5. The van der Waals surface area contributed by atoms with Crippen molar-refractivity contribution in [2.75, 3.05) is 5.32 Å². The van der Waals surface area contributed by atoms with E-state index in [2.05, 4.69) is 25.8 Å². The number of aromatic nitrogens is 5. The fourth-order valence-electron chi connectivity index (χ4n) is 2.58. The van der Waals surface area contributed by atoms with Crippen LogP contribution in [0.1, 0.15) is 21.8 Å². The van der Waals surface area contributed by atoms with Crippen LogP contribution in [0.5, 0.6) is 0 Å². The molecule has 8 nitrogen and oxygen atoms in total. The van der Waals surface area contributed by atoms with Gasteiger partial charge in [0, 0.05) is 5.69 Å². The average molecular weight is 396 g/mol. The standard InChI is InChI=1S/C19H14F2N6O2/c1-11-8-14(6-7-15(11)21)22-18(28)19-23-17(25-29-19)16-10-27(26-24-16)9-12-2-4-13(20)5-3-12/h2-8,10H,9H2,1H3,(H,22,28). The zero-order chi connectivity index (χ0) is 20.4. The summed E-state index contributed by atoms with van der Waals surface area (Å²) in [6.45, 7) is 1.97. The van der Waals surface area contributed by atoms with Gasteiger partial charge in [0.15, 0.2) is 5.69 Å². The van der Waals surface area contributed by atoms with Gasteiger partial charge in [0.05, 0.1) is 12.7 Å². The van der Waals surface area contributed by atoms with Gasteiger partial charge in [0.25, 0.3) is 0 Å². The summed E-state index contributed by atoms with van der Waals surface area (Å²) in [6, 6.07) is 10.2. The first-order valence-electron chi connectivity index (χ1n) is 8.54. The van der Waals surface area contributed by atoms with Gasteiger partial charge >= 0.3 is 11.8 Å². The lowest BCUT2D eigenvalue weighted by atomic mass is 10.2. The van der Waals surface area contributed by atoms with Gasteiger partial charge < -0.3 is 9.84 Å². The Hall–Kier alpha value is -3.95. The zero-order valence-corrected chi connectivity index (χ0v) is 15.1. The quantitative estimate of drug-likeness (QED) is 0.556. The summed E-state index contributed by atoms with van der Waals surface area (Å²) in [5.41, 5.74) is 1.95. The molecule has 0 saturated carbocycles. The molecule has 146 valence electrons. The number of aryl methyl sites for hydroxylation is 1. The monoisotopic (exact) mass is 396 g/mol. The third-order valence-electron chi connectivity index (χ3n) is 4.06. The number of hydrogen-bond donors (Lipinski definition) is 1. The number of benzene rings is 2. The second kappa shape index (κ2) is 7.58. The molecule has 0 spiro atoms. The fourth-order valence-corrected chi connectivity index (χ4v) is 2.58. The number of amides is 1. The summed E-state index contributed by atoms with van der Waals surface area (Å²) in [4.78, 5) is 16.3. The molecular weight excluding hydrogens is 382 g/mol. The highest BCUT2D eigenvalue weighted by Crippen LogP contribution is 2.16. The maximum atomic E-state index is 13.3. The van der Waals surface area contributed by atoms with Crippen LogP contribution in [-0.2, 0) is 6.54 Å². The minimum atomic E-state index is -0.631. The number of carbonyl (C=O) groups excluding carboxylic acids is 1. The van der Waals surface area contributed by atoms with Crippen molar-refractivity contribution in [3.8, 4) is 11.5 Å². The van der Waals surface area contributed by atoms with E-state index in [-0.39, 0.29) is 23.3 Å². The molecule has 2 aromatic heterocycles. The van der Waals surface area contributed by atoms with Crippen LogP contribution in [0, 0.1) is 18.6 Å². The predicted octanol–water partition coefficient (Wildman–Crippen LogP) is 3.22. The van der Waals surface area contributed by atoms with E-state index < -0.39 is 5.91 Å². The number of anilines is 1. The van der Waals surface area contributed by atoms with Crippen molar-refractivity contribution in [2.24, 2.45) is 0 Å². The number of halogens is 2. The van der Waals surface area contributed by atoms with Crippen molar-refractivity contribution in [3.63, 3.8) is 0 Å². The third kappa shape index (κ3) is 4.15. The first kappa shape index (κ1) is 18.4. The third-order valence-corrected chi connectivity index (χ3v) is 4.06. The Balaban J connectivity index is 1.46. The van der Waals surface area contributed by atoms with E-state index in [0.717, 1.165) is 5.56 Å². The normalized spacial score (nSPS) is 10.9. The first-order chi connectivity index (χ1) is 14.0. The van der Waals surface area contributed by atoms with Crippen molar-refractivity contribution in [1.82, 2.24) is 25.1 Å². The molecule has 0 aliphatic rings. The minimum Gasteiger partial charge on any atom is -0.328 e. The second-order valence-electron chi connectivity index (χ2n) is 6.27. The van der Waals surface area contributed by atoms with Crippen LogP contribution in [0.3, 0.4) is 0 Å². The minimum absolute atomic E-state index is 0.0933. The Morgan fingerprint density at radius 1 is 1.17 bits per heavy atom. The molecule has 4 aromatic rings. The first-order valence-corrected chi connectivity index (χ1v) is 8.54. The van der Waals surface area contributed by atoms with Crippen LogP contribution in [0.25, 0.3) is 11.5 Å². The van der Waals surface area contributed by atoms with Crippen molar-refractivity contribution >= 4 is 11.6 Å². The topological polar surface area (TPSA) is 98.7 Å². The van der Waals surface area contributed by atoms with Crippen LogP contribution >= 0.6 is 0 Å². The van der Waals surface area contributed by atoms with Crippen molar-refractivity contribution in [1.29, 1.82) is 0 Å². The van der Waals surface area contributed by atoms with Crippen LogP contribution in [0.15, 0.2) is 53.2 Å². The highest BCUT2D eigenvalue weighted by Gasteiger charge is 2.18. The average Bonchev–Trinajstić information content (AvgIpc) is 3.36. The molecule has 10 heteroatoms. The number of nitrogens with zero attached hydrogens (tertiary/aromatic N) is 5. The van der Waals surface area contributed by atoms with Crippen molar-refractivity contribution in [3.05, 3.63) is 77.3 Å². The number of nitrogens with one attached hydrogen (secondary N) is 1. The lowest BCUT2D eigenvalue weighted by molar-refractivity contribution is 0.0981. The molecule has 0 saturated heterocycles. The Labute approximate surface area is 163 Å². The smallest absolute Gasteiger partial charge is 0.316 e. The lowest BCUT2D eigenvalue weighted by Crippen LogP contribution is -2.12. The molecule has 1 amide bonds. The number of hydrogen-bond acceptors (Lipinski definition) is 6. The van der Waals surface area contributed by atoms with E-state index in [1.54, 1.807) is 25.3 Å². The van der Waals surface area contributed by atoms with Gasteiger partial charge in [-0.25, -0.2) is 13.5 Å². The summed E-state index contributed by atoms with van der Waals surface area (Å²) >= 11 is 0. The molecule has 0 aliphatic carbocycles. The molecule has 0 aliphatic heterocycles. The molecule has 0 atom stereocenters. The Morgan fingerprint density at radius 3 is 2.72 bits per heavy atom. The van der Waals surface area contributed by atoms with Gasteiger partial charge in [-0.05, 0) is 48.4 Å². The van der Waals surface area contributed by atoms with Gasteiger partial charge in [-0.2, -0.15) is 4.98 Å². The van der Waals surface area contributed by atoms with Crippen LogP contribution in [0.2, 0.25) is 0 Å². The van der Waals surface area contributed by atoms with Crippen LogP contribution in [-0.4, -0.2) is 31.0 Å². The molecule has 0 bridgehead atoms. The van der Waals surface area contributed by atoms with E-state index in [1.807, 2.05) is 0 Å². The maximum Gasteiger partial charge on any atom is 0.316 e. The molecule has 0 radical (unpaired) electrons. The van der Waals surface area contributed by atoms with Crippen molar-refractivity contribution in [2.45, 2.75) is 13.5 Å². The molecule has 0 fully saturated rings. The molecule has 4 rings (SSSR count). The van der Waals surface area contributed by atoms with E-state index in [4.69, 9.17) is 4.52 Å². The summed E-state index contributed by atoms with van der Waals surface area (Å²) in [7, 11) is 0. The lowest BCUT2D eigenvalue weighted by Gasteiger charge is -2.03. The van der Waals surface area contributed by atoms with E-state index in [9.17, 15) is 13.6 Å². The van der Waals surface area contributed by atoms with Gasteiger partial charge in [-0.1, -0.05) is 22.5 Å². The number of carbonyl (C=O) groups is 1. The molecule has 2 heterocycles. The summed E-state index contributed by atoms with van der Waals surface area (Å²) in [6.07, 6.45) is 1.58. The molecule has 0 unspecified atom stereocenters. The van der Waals surface area contributed by atoms with Crippen LogP contribution in [0.4, 0.5) is 14.5 Å². The van der Waals surface area contributed by atoms with Crippen molar-refractivity contribution < 1.29 is 18.1 Å². The second-order valence-corrected chi connectivity index (χ2v) is 6.27. The van der Waals surface area contributed by atoms with E-state index >= 15 is 0 Å². The maximum absolute atomic E-state index is 13.3. The molecular formula is C19H14F2N6O2. The molecule has 29 heavy (non-hydrogen) atoms. The van der Waals surface area contributed by atoms with Gasteiger partial charge in [-0.3, -0.25) is 4.79 Å². The zero-order valence-electron chi connectivity index (χ0n) is 15.1. The Bertz CT molecular complexity index is 1170. The van der Waals surface area contributed by atoms with Gasteiger partial charge in [-0.15, -0.1) is 5.10 Å². The van der Waals surface area contributed by atoms with Crippen LogP contribution < -0.4 is 5.32 Å². The summed E-state index contributed by atoms with van der Waals surface area (Å²) in [5.74, 6) is -1.49. The molecule has 1 N–H and O–H groups in total. The SMILES string of the molecule is Cc1cc(NC(=O)c2nc(-c3cn(Cc4ccc(F)cc4)nn3)no2)ccc1F. The predicted molar refractivity (Wildman–Crippen MR) is 97.9 cm³/mol. The Morgan fingerprint density at radius 2 is 1.97 bits per heavy atom.